The molecule has 2 atom stereocenters. The molecule has 0 amide bonds. The third-order valence-electron chi connectivity index (χ3n) is 3.22. The Morgan fingerprint density at radius 1 is 1.50 bits per heavy atom. The Kier molecular flexibility index (Phi) is 3.72. The second-order valence-electron chi connectivity index (χ2n) is 4.50. The lowest BCUT2D eigenvalue weighted by atomic mass is 10.1. The molecule has 1 saturated heterocycles. The Bertz CT molecular complexity index is 354. The van der Waals surface area contributed by atoms with Crippen LogP contribution in [0.2, 0.25) is 5.02 Å². The fourth-order valence-electron chi connectivity index (χ4n) is 2.29. The van der Waals surface area contributed by atoms with Gasteiger partial charge < -0.3 is 10.2 Å². The van der Waals surface area contributed by atoms with Gasteiger partial charge in [0.25, 0.3) is 0 Å². The molecule has 2 unspecified atom stereocenters. The fraction of sp³-hybridized carbons (Fsp3) is 0.538. The van der Waals surface area contributed by atoms with Gasteiger partial charge in [0.15, 0.2) is 0 Å². The number of piperazine rings is 1. The lowest BCUT2D eigenvalue weighted by Gasteiger charge is -2.40. The standard InChI is InChI=1S/C13H19ClN2/c1-3-12-8-15-10(2)9-16(12)13-6-4-5-11(14)7-13/h4-7,10,12,15H,3,8-9H2,1-2H3. The van der Waals surface area contributed by atoms with E-state index in [9.17, 15) is 0 Å². The second kappa shape index (κ2) is 5.07. The minimum Gasteiger partial charge on any atom is -0.366 e. The highest BCUT2D eigenvalue weighted by Crippen LogP contribution is 2.24. The molecule has 16 heavy (non-hydrogen) atoms. The molecule has 0 radical (unpaired) electrons. The first kappa shape index (κ1) is 11.7. The third-order valence-corrected chi connectivity index (χ3v) is 3.46. The summed E-state index contributed by atoms with van der Waals surface area (Å²) in [5.74, 6) is 0. The van der Waals surface area contributed by atoms with Crippen LogP contribution in [0.4, 0.5) is 5.69 Å². The maximum Gasteiger partial charge on any atom is 0.0426 e. The molecular formula is C13H19ClN2. The predicted molar refractivity (Wildman–Crippen MR) is 70.3 cm³/mol. The quantitative estimate of drug-likeness (QED) is 0.853. The van der Waals surface area contributed by atoms with Crippen LogP contribution in [0.3, 0.4) is 0 Å². The van der Waals surface area contributed by atoms with Gasteiger partial charge in [-0.25, -0.2) is 0 Å². The minimum absolute atomic E-state index is 0.543. The van der Waals surface area contributed by atoms with Gasteiger partial charge in [-0.15, -0.1) is 0 Å². The van der Waals surface area contributed by atoms with E-state index in [2.05, 4.69) is 36.2 Å². The molecule has 1 aliphatic rings. The van der Waals surface area contributed by atoms with Gasteiger partial charge in [0.05, 0.1) is 0 Å². The topological polar surface area (TPSA) is 15.3 Å². The van der Waals surface area contributed by atoms with Crippen molar-refractivity contribution in [2.24, 2.45) is 0 Å². The number of anilines is 1. The molecule has 3 heteroatoms. The van der Waals surface area contributed by atoms with Crippen LogP contribution in [-0.2, 0) is 0 Å². The van der Waals surface area contributed by atoms with Crippen molar-refractivity contribution in [2.75, 3.05) is 18.0 Å². The Balaban J connectivity index is 2.22. The first-order chi connectivity index (χ1) is 7.70. The number of rotatable bonds is 2. The summed E-state index contributed by atoms with van der Waals surface area (Å²) in [5.41, 5.74) is 1.24. The van der Waals surface area contributed by atoms with Crippen LogP contribution >= 0.6 is 11.6 Å². The minimum atomic E-state index is 0.543. The second-order valence-corrected chi connectivity index (χ2v) is 4.94. The monoisotopic (exact) mass is 238 g/mol. The highest BCUT2D eigenvalue weighted by Gasteiger charge is 2.24. The van der Waals surface area contributed by atoms with Crippen molar-refractivity contribution in [3.8, 4) is 0 Å². The van der Waals surface area contributed by atoms with E-state index in [1.165, 1.54) is 5.69 Å². The van der Waals surface area contributed by atoms with E-state index in [1.54, 1.807) is 0 Å². The van der Waals surface area contributed by atoms with Gasteiger partial charge in [0.2, 0.25) is 0 Å². The zero-order valence-corrected chi connectivity index (χ0v) is 10.7. The van der Waals surface area contributed by atoms with E-state index in [1.807, 2.05) is 12.1 Å². The molecular weight excluding hydrogens is 220 g/mol. The van der Waals surface area contributed by atoms with E-state index < -0.39 is 0 Å². The molecule has 0 saturated carbocycles. The average molecular weight is 239 g/mol. The first-order valence-corrected chi connectivity index (χ1v) is 6.34. The molecule has 88 valence electrons. The van der Waals surface area contributed by atoms with Crippen molar-refractivity contribution in [1.29, 1.82) is 0 Å². The number of nitrogens with one attached hydrogen (secondary N) is 1. The van der Waals surface area contributed by atoms with Gasteiger partial charge in [0, 0.05) is 35.9 Å². The van der Waals surface area contributed by atoms with Crippen LogP contribution in [0.1, 0.15) is 20.3 Å². The highest BCUT2D eigenvalue weighted by atomic mass is 35.5. The van der Waals surface area contributed by atoms with E-state index in [0.717, 1.165) is 24.5 Å². The molecule has 1 aliphatic heterocycles. The van der Waals surface area contributed by atoms with Crippen LogP contribution in [0.25, 0.3) is 0 Å². The van der Waals surface area contributed by atoms with Crippen LogP contribution in [0, 0.1) is 0 Å². The Hall–Kier alpha value is -0.730. The van der Waals surface area contributed by atoms with Crippen molar-refractivity contribution in [2.45, 2.75) is 32.4 Å². The SMILES string of the molecule is CCC1CNC(C)CN1c1cccc(Cl)c1. The number of nitrogens with zero attached hydrogens (tertiary/aromatic N) is 1. The smallest absolute Gasteiger partial charge is 0.0426 e. The molecule has 2 rings (SSSR count). The van der Waals surface area contributed by atoms with E-state index >= 15 is 0 Å². The average Bonchev–Trinajstić information content (AvgIpc) is 2.29. The molecule has 1 fully saturated rings. The number of halogens is 1. The van der Waals surface area contributed by atoms with Crippen LogP contribution < -0.4 is 10.2 Å². The Labute approximate surface area is 103 Å². The van der Waals surface area contributed by atoms with Gasteiger partial charge in [-0.2, -0.15) is 0 Å². The maximum absolute atomic E-state index is 6.05. The van der Waals surface area contributed by atoms with Crippen molar-refractivity contribution in [3.05, 3.63) is 29.3 Å². The normalized spacial score (nSPS) is 25.8. The summed E-state index contributed by atoms with van der Waals surface area (Å²) in [6, 6.07) is 9.28. The van der Waals surface area contributed by atoms with Crippen molar-refractivity contribution >= 4 is 17.3 Å². The van der Waals surface area contributed by atoms with Gasteiger partial charge in [-0.3, -0.25) is 0 Å². The van der Waals surface area contributed by atoms with Gasteiger partial charge in [-0.05, 0) is 31.5 Å². The Morgan fingerprint density at radius 3 is 3.00 bits per heavy atom. The molecule has 0 spiro atoms. The summed E-state index contributed by atoms with van der Waals surface area (Å²) in [6.45, 7) is 6.58. The first-order valence-electron chi connectivity index (χ1n) is 5.96. The number of benzene rings is 1. The lowest BCUT2D eigenvalue weighted by molar-refractivity contribution is 0.402. The summed E-state index contributed by atoms with van der Waals surface area (Å²) < 4.78 is 0. The molecule has 0 bridgehead atoms. The molecule has 2 nitrogen and oxygen atoms in total. The molecule has 0 aromatic heterocycles. The number of hydrogen-bond donors (Lipinski definition) is 1. The predicted octanol–water partition coefficient (Wildman–Crippen LogP) is 2.92. The lowest BCUT2D eigenvalue weighted by Crippen LogP contribution is -2.55. The molecule has 1 aromatic carbocycles. The highest BCUT2D eigenvalue weighted by molar-refractivity contribution is 6.30. The van der Waals surface area contributed by atoms with Crippen molar-refractivity contribution in [3.63, 3.8) is 0 Å². The third kappa shape index (κ3) is 2.50. The fourth-order valence-corrected chi connectivity index (χ4v) is 2.48. The zero-order valence-electron chi connectivity index (χ0n) is 9.91. The maximum atomic E-state index is 6.05. The van der Waals surface area contributed by atoms with E-state index in [0.29, 0.717) is 12.1 Å². The van der Waals surface area contributed by atoms with Gasteiger partial charge in [0.1, 0.15) is 0 Å². The van der Waals surface area contributed by atoms with Crippen LogP contribution in [0.15, 0.2) is 24.3 Å². The summed E-state index contributed by atoms with van der Waals surface area (Å²) in [5, 5.41) is 4.34. The van der Waals surface area contributed by atoms with Crippen LogP contribution in [-0.4, -0.2) is 25.2 Å². The van der Waals surface area contributed by atoms with Crippen LogP contribution in [0.5, 0.6) is 0 Å². The number of hydrogen-bond acceptors (Lipinski definition) is 2. The molecule has 1 aromatic rings. The molecule has 1 N–H and O–H groups in total. The Morgan fingerprint density at radius 2 is 2.31 bits per heavy atom. The van der Waals surface area contributed by atoms with E-state index in [4.69, 9.17) is 11.6 Å². The van der Waals surface area contributed by atoms with Crippen molar-refractivity contribution in [1.82, 2.24) is 5.32 Å². The van der Waals surface area contributed by atoms with Gasteiger partial charge >= 0.3 is 0 Å². The summed E-state index contributed by atoms with van der Waals surface area (Å²) in [4.78, 5) is 2.47. The largest absolute Gasteiger partial charge is 0.366 e. The van der Waals surface area contributed by atoms with E-state index in [-0.39, 0.29) is 0 Å². The van der Waals surface area contributed by atoms with Gasteiger partial charge in [-0.1, -0.05) is 24.6 Å². The summed E-state index contributed by atoms with van der Waals surface area (Å²) in [6.07, 6.45) is 1.16. The molecule has 1 heterocycles. The zero-order chi connectivity index (χ0) is 11.5. The van der Waals surface area contributed by atoms with Crippen molar-refractivity contribution < 1.29 is 0 Å². The summed E-state index contributed by atoms with van der Waals surface area (Å²) >= 11 is 6.05. The summed E-state index contributed by atoms with van der Waals surface area (Å²) in [7, 11) is 0. The molecule has 0 aliphatic carbocycles.